The first-order valence-corrected chi connectivity index (χ1v) is 6.09. The zero-order valence-electron chi connectivity index (χ0n) is 11.2. The lowest BCUT2D eigenvalue weighted by Crippen LogP contribution is -2.26. The van der Waals surface area contributed by atoms with Gasteiger partial charge in [-0.2, -0.15) is 0 Å². The van der Waals surface area contributed by atoms with Crippen molar-refractivity contribution in [2.24, 2.45) is 5.11 Å². The van der Waals surface area contributed by atoms with Crippen molar-refractivity contribution in [3.8, 4) is 0 Å². The Morgan fingerprint density at radius 2 is 2.28 bits per heavy atom. The van der Waals surface area contributed by atoms with Gasteiger partial charge in [0.2, 0.25) is 6.20 Å². The van der Waals surface area contributed by atoms with Crippen LogP contribution in [0.3, 0.4) is 0 Å². The second kappa shape index (κ2) is 9.58. The van der Waals surface area contributed by atoms with E-state index in [-0.39, 0.29) is 6.42 Å². The van der Waals surface area contributed by atoms with Crippen molar-refractivity contribution in [2.45, 2.75) is 51.7 Å². The number of hydrogen-bond donors (Lipinski definition) is 1. The highest BCUT2D eigenvalue weighted by Crippen LogP contribution is 2.05. The topological polar surface area (TPSA) is 85.0 Å². The number of carbonyl (C=O) groups excluding carboxylic acids is 1. The molecule has 1 N–H and O–H groups in total. The van der Waals surface area contributed by atoms with Crippen molar-refractivity contribution in [1.82, 2.24) is 0 Å². The second-order valence-electron chi connectivity index (χ2n) is 4.03. The summed E-state index contributed by atoms with van der Waals surface area (Å²) >= 11 is 0. The summed E-state index contributed by atoms with van der Waals surface area (Å²) in [7, 11) is 1.24. The van der Waals surface area contributed by atoms with Crippen LogP contribution in [-0.4, -0.2) is 35.2 Å². The van der Waals surface area contributed by atoms with Gasteiger partial charge in [-0.15, -0.1) is 0 Å². The Morgan fingerprint density at radius 1 is 1.61 bits per heavy atom. The number of aliphatic hydroxyl groups excluding tert-OH is 1. The van der Waals surface area contributed by atoms with Crippen molar-refractivity contribution in [3.05, 3.63) is 17.5 Å². The number of carbonyl (C=O) groups is 1. The van der Waals surface area contributed by atoms with Gasteiger partial charge in [0.25, 0.3) is 0 Å². The van der Waals surface area contributed by atoms with E-state index in [2.05, 4.69) is 16.8 Å². The molecule has 0 radical (unpaired) electrons. The van der Waals surface area contributed by atoms with Crippen molar-refractivity contribution in [1.29, 1.82) is 0 Å². The SMILES string of the molecule is CCCC/C=C/[N+]([O-])=N[C@H](C)[C@H](O)CC(=O)OC. The molecular weight excluding hydrogens is 236 g/mol. The molecule has 0 amide bonds. The Balaban J connectivity index is 4.20. The predicted molar refractivity (Wildman–Crippen MR) is 66.8 cm³/mol. The summed E-state index contributed by atoms with van der Waals surface area (Å²) in [6.45, 7) is 3.64. The number of azo groups is 1. The zero-order chi connectivity index (χ0) is 14.0. The van der Waals surface area contributed by atoms with E-state index in [1.165, 1.54) is 13.3 Å². The van der Waals surface area contributed by atoms with Gasteiger partial charge in [0, 0.05) is 0 Å². The van der Waals surface area contributed by atoms with Gasteiger partial charge in [0.1, 0.15) is 6.04 Å². The molecule has 0 saturated heterocycles. The molecule has 6 nitrogen and oxygen atoms in total. The smallest absolute Gasteiger partial charge is 0.308 e. The molecule has 0 fully saturated rings. The lowest BCUT2D eigenvalue weighted by molar-refractivity contribution is -0.463. The Bertz CT molecular complexity index is 302. The van der Waals surface area contributed by atoms with Crippen LogP contribution in [0.4, 0.5) is 0 Å². The van der Waals surface area contributed by atoms with E-state index in [9.17, 15) is 15.1 Å². The first-order chi connectivity index (χ1) is 8.51. The quantitative estimate of drug-likeness (QED) is 0.237. The maximum atomic E-state index is 11.3. The largest absolute Gasteiger partial charge is 0.595 e. The maximum Gasteiger partial charge on any atom is 0.308 e. The standard InChI is InChI=1S/C12H22N2O4/c1-4-5-6-7-8-14(17)13-10(2)11(15)9-12(16)18-3/h7-8,10-11,15H,4-6,9H2,1-3H3/b8-7+,14-13?/t10-,11-/m1/s1. The minimum atomic E-state index is -1.02. The number of methoxy groups -OCH3 is 1. The van der Waals surface area contributed by atoms with Crippen LogP contribution in [0, 0.1) is 5.21 Å². The van der Waals surface area contributed by atoms with Gasteiger partial charge in [-0.1, -0.05) is 18.2 Å². The molecule has 0 aliphatic heterocycles. The van der Waals surface area contributed by atoms with E-state index in [1.54, 1.807) is 13.0 Å². The van der Waals surface area contributed by atoms with Crippen molar-refractivity contribution >= 4 is 5.97 Å². The fourth-order valence-electron chi connectivity index (χ4n) is 1.21. The molecule has 0 spiro atoms. The van der Waals surface area contributed by atoms with E-state index in [0.29, 0.717) is 4.86 Å². The molecule has 18 heavy (non-hydrogen) atoms. The summed E-state index contributed by atoms with van der Waals surface area (Å²) in [6, 6.07) is -0.655. The highest BCUT2D eigenvalue weighted by molar-refractivity contribution is 5.69. The van der Waals surface area contributed by atoms with Gasteiger partial charge in [0.15, 0.2) is 0 Å². The van der Waals surface area contributed by atoms with Gasteiger partial charge in [-0.3, -0.25) is 4.79 Å². The molecular formula is C12H22N2O4. The molecule has 0 unspecified atom stereocenters. The van der Waals surface area contributed by atoms with E-state index in [0.717, 1.165) is 19.3 Å². The molecule has 0 bridgehead atoms. The fourth-order valence-corrected chi connectivity index (χ4v) is 1.21. The van der Waals surface area contributed by atoms with Crippen LogP contribution in [0.15, 0.2) is 17.4 Å². The van der Waals surface area contributed by atoms with E-state index < -0.39 is 18.1 Å². The molecule has 2 atom stereocenters. The van der Waals surface area contributed by atoms with Crippen molar-refractivity contribution in [2.75, 3.05) is 7.11 Å². The third kappa shape index (κ3) is 7.78. The first-order valence-electron chi connectivity index (χ1n) is 6.09. The number of ether oxygens (including phenoxy) is 1. The maximum absolute atomic E-state index is 11.3. The average molecular weight is 258 g/mol. The molecule has 0 rings (SSSR count). The number of rotatable bonds is 8. The number of esters is 1. The summed E-state index contributed by atoms with van der Waals surface area (Å²) in [5.41, 5.74) is 0. The summed E-state index contributed by atoms with van der Waals surface area (Å²) in [4.78, 5) is 11.3. The Kier molecular flexibility index (Phi) is 8.82. The fraction of sp³-hybridized carbons (Fsp3) is 0.750. The van der Waals surface area contributed by atoms with Crippen molar-refractivity contribution < 1.29 is 19.5 Å². The Hall–Kier alpha value is -1.43. The third-order valence-electron chi connectivity index (χ3n) is 2.41. The van der Waals surface area contributed by atoms with Crippen molar-refractivity contribution in [3.63, 3.8) is 0 Å². The van der Waals surface area contributed by atoms with Crippen LogP contribution in [0.5, 0.6) is 0 Å². The van der Waals surface area contributed by atoms with Crippen LogP contribution < -0.4 is 0 Å². The molecule has 0 heterocycles. The molecule has 0 aliphatic carbocycles. The molecule has 6 heteroatoms. The van der Waals surface area contributed by atoms with E-state index >= 15 is 0 Å². The van der Waals surface area contributed by atoms with Gasteiger partial charge in [-0.05, 0) is 31.0 Å². The number of aliphatic hydroxyl groups is 1. The average Bonchev–Trinajstić information content (AvgIpc) is 2.34. The number of hydrogen-bond acceptors (Lipinski definition) is 5. The molecule has 104 valence electrons. The molecule has 0 aliphatic rings. The van der Waals surface area contributed by atoms with Crippen LogP contribution >= 0.6 is 0 Å². The number of hydroxylamine groups is 1. The number of nitrogens with zero attached hydrogens (tertiary/aromatic N) is 2. The summed E-state index contributed by atoms with van der Waals surface area (Å²) < 4.78 is 4.42. The first kappa shape index (κ1) is 16.6. The van der Waals surface area contributed by atoms with Crippen LogP contribution in [0.1, 0.15) is 39.5 Å². The molecule has 0 aromatic carbocycles. The minimum absolute atomic E-state index is 0.172. The molecule has 0 aromatic heterocycles. The highest BCUT2D eigenvalue weighted by Gasteiger charge is 2.20. The minimum Gasteiger partial charge on any atom is -0.595 e. The van der Waals surface area contributed by atoms with Crippen LogP contribution in [0.25, 0.3) is 0 Å². The number of unbranched alkanes of at least 4 members (excludes halogenated alkanes) is 2. The summed E-state index contributed by atoms with van der Waals surface area (Å²) in [5, 5.41) is 24.6. The lowest BCUT2D eigenvalue weighted by atomic mass is 10.1. The van der Waals surface area contributed by atoms with Crippen LogP contribution in [-0.2, 0) is 9.53 Å². The van der Waals surface area contributed by atoms with Gasteiger partial charge >= 0.3 is 5.97 Å². The van der Waals surface area contributed by atoms with Gasteiger partial charge in [-0.25, -0.2) is 0 Å². The zero-order valence-corrected chi connectivity index (χ0v) is 11.2. The van der Waals surface area contributed by atoms with Gasteiger partial charge in [0.05, 0.1) is 19.6 Å². The second-order valence-corrected chi connectivity index (χ2v) is 4.03. The van der Waals surface area contributed by atoms with Gasteiger partial charge < -0.3 is 15.1 Å². The monoisotopic (exact) mass is 258 g/mol. The molecule has 0 saturated carbocycles. The lowest BCUT2D eigenvalue weighted by Gasteiger charge is -2.11. The van der Waals surface area contributed by atoms with E-state index in [1.807, 2.05) is 0 Å². The Labute approximate surface area is 108 Å². The summed E-state index contributed by atoms with van der Waals surface area (Å²) in [6.07, 6.45) is 4.77. The van der Waals surface area contributed by atoms with E-state index in [4.69, 9.17) is 0 Å². The predicted octanol–water partition coefficient (Wildman–Crippen LogP) is 1.97. The van der Waals surface area contributed by atoms with Crippen LogP contribution in [0.2, 0.25) is 0 Å². The highest BCUT2D eigenvalue weighted by atomic mass is 16.5. The third-order valence-corrected chi connectivity index (χ3v) is 2.41. The normalized spacial score (nSPS) is 15.7. The molecule has 0 aromatic rings. The summed E-state index contributed by atoms with van der Waals surface area (Å²) in [5.74, 6) is -0.527. The Morgan fingerprint density at radius 3 is 2.83 bits per heavy atom. The number of allylic oxidation sites excluding steroid dienone is 1.